The standard InChI is InChI=1S/C21H27F3N4O2/c1-2-9-26-20(29)28(14-18-4-3-12-30-18)15-19-25-10-11-27(19)13-16-5-7-17(8-6-16)21(22,23)24/h5-8,10-11,18H,2-4,9,12-15H2,1H3,(H,26,29). The summed E-state index contributed by atoms with van der Waals surface area (Å²) < 4.78 is 45.8. The van der Waals surface area contributed by atoms with E-state index in [2.05, 4.69) is 10.3 Å². The molecule has 0 saturated carbocycles. The molecular weight excluding hydrogens is 397 g/mol. The van der Waals surface area contributed by atoms with E-state index in [9.17, 15) is 18.0 Å². The number of urea groups is 1. The van der Waals surface area contributed by atoms with Crippen molar-refractivity contribution in [1.29, 1.82) is 0 Å². The molecule has 9 heteroatoms. The molecule has 2 heterocycles. The lowest BCUT2D eigenvalue weighted by Crippen LogP contribution is -2.44. The molecule has 1 saturated heterocycles. The van der Waals surface area contributed by atoms with E-state index >= 15 is 0 Å². The van der Waals surface area contributed by atoms with Crippen LogP contribution < -0.4 is 5.32 Å². The first kappa shape index (κ1) is 22.1. The van der Waals surface area contributed by atoms with Gasteiger partial charge < -0.3 is 19.5 Å². The highest BCUT2D eigenvalue weighted by Gasteiger charge is 2.30. The van der Waals surface area contributed by atoms with Crippen molar-refractivity contribution in [3.8, 4) is 0 Å². The molecule has 2 aromatic rings. The summed E-state index contributed by atoms with van der Waals surface area (Å²) in [6.07, 6.45) is 1.79. The fraction of sp³-hybridized carbons (Fsp3) is 0.524. The Bertz CT molecular complexity index is 814. The number of ether oxygens (including phenoxy) is 1. The van der Waals surface area contributed by atoms with Crippen LogP contribution in [0.25, 0.3) is 0 Å². The summed E-state index contributed by atoms with van der Waals surface area (Å²) in [4.78, 5) is 18.7. The Kier molecular flexibility index (Phi) is 7.36. The first-order valence-electron chi connectivity index (χ1n) is 10.2. The Labute approximate surface area is 174 Å². The minimum Gasteiger partial charge on any atom is -0.376 e. The SMILES string of the molecule is CCCNC(=O)N(Cc1nccn1Cc1ccc(C(F)(F)F)cc1)CC1CCCO1. The van der Waals surface area contributed by atoms with Gasteiger partial charge in [0.1, 0.15) is 5.82 Å². The van der Waals surface area contributed by atoms with Gasteiger partial charge in [-0.05, 0) is 37.0 Å². The zero-order chi connectivity index (χ0) is 21.6. The topological polar surface area (TPSA) is 59.4 Å². The summed E-state index contributed by atoms with van der Waals surface area (Å²) in [5.41, 5.74) is 0.0517. The van der Waals surface area contributed by atoms with Crippen LogP contribution in [-0.4, -0.2) is 46.3 Å². The summed E-state index contributed by atoms with van der Waals surface area (Å²) in [5, 5.41) is 2.90. The Morgan fingerprint density at radius 2 is 2.10 bits per heavy atom. The number of imidazole rings is 1. The highest BCUT2D eigenvalue weighted by atomic mass is 19.4. The van der Waals surface area contributed by atoms with Gasteiger partial charge in [0.25, 0.3) is 0 Å². The minimum absolute atomic E-state index is 0.00991. The van der Waals surface area contributed by atoms with Crippen LogP contribution in [0.2, 0.25) is 0 Å². The predicted octanol–water partition coefficient (Wildman–Crippen LogP) is 4.05. The van der Waals surface area contributed by atoms with Crippen LogP contribution in [0.4, 0.5) is 18.0 Å². The lowest BCUT2D eigenvalue weighted by Gasteiger charge is -2.25. The van der Waals surface area contributed by atoms with Gasteiger partial charge in [-0.1, -0.05) is 19.1 Å². The highest BCUT2D eigenvalue weighted by Crippen LogP contribution is 2.29. The van der Waals surface area contributed by atoms with Gasteiger partial charge in [-0.3, -0.25) is 0 Å². The molecule has 3 rings (SSSR count). The van der Waals surface area contributed by atoms with Crippen LogP contribution in [0.5, 0.6) is 0 Å². The maximum atomic E-state index is 12.8. The number of hydrogen-bond donors (Lipinski definition) is 1. The summed E-state index contributed by atoms with van der Waals surface area (Å²) in [6, 6.07) is 4.91. The molecule has 164 valence electrons. The molecule has 1 N–H and O–H groups in total. The van der Waals surface area contributed by atoms with Gasteiger partial charge in [0, 0.05) is 38.6 Å². The van der Waals surface area contributed by atoms with Crippen LogP contribution in [0, 0.1) is 0 Å². The van der Waals surface area contributed by atoms with Crippen LogP contribution >= 0.6 is 0 Å². The van der Waals surface area contributed by atoms with Gasteiger partial charge in [-0.2, -0.15) is 13.2 Å². The van der Waals surface area contributed by atoms with Crippen molar-refractivity contribution in [2.45, 2.75) is 51.6 Å². The van der Waals surface area contributed by atoms with Gasteiger partial charge in [-0.15, -0.1) is 0 Å². The van der Waals surface area contributed by atoms with Gasteiger partial charge in [-0.25, -0.2) is 9.78 Å². The molecule has 1 aromatic heterocycles. The first-order valence-corrected chi connectivity index (χ1v) is 10.2. The number of amides is 2. The monoisotopic (exact) mass is 424 g/mol. The Morgan fingerprint density at radius 1 is 1.33 bits per heavy atom. The average molecular weight is 424 g/mol. The lowest BCUT2D eigenvalue weighted by molar-refractivity contribution is -0.137. The highest BCUT2D eigenvalue weighted by molar-refractivity contribution is 5.74. The van der Waals surface area contributed by atoms with Crippen molar-refractivity contribution in [2.24, 2.45) is 0 Å². The second-order valence-electron chi connectivity index (χ2n) is 7.41. The van der Waals surface area contributed by atoms with Gasteiger partial charge in [0.15, 0.2) is 0 Å². The van der Waals surface area contributed by atoms with Crippen LogP contribution in [0.3, 0.4) is 0 Å². The minimum atomic E-state index is -4.35. The number of nitrogens with zero attached hydrogens (tertiary/aromatic N) is 3. The van der Waals surface area contributed by atoms with Crippen molar-refractivity contribution < 1.29 is 22.7 Å². The molecule has 1 fully saturated rings. The molecule has 0 aliphatic carbocycles. The molecule has 1 unspecified atom stereocenters. The molecule has 0 radical (unpaired) electrons. The van der Waals surface area contributed by atoms with E-state index in [0.717, 1.165) is 37.0 Å². The lowest BCUT2D eigenvalue weighted by atomic mass is 10.1. The molecule has 1 aliphatic rings. The van der Waals surface area contributed by atoms with Crippen LogP contribution in [0.1, 0.15) is 43.1 Å². The van der Waals surface area contributed by atoms with Gasteiger partial charge in [0.2, 0.25) is 0 Å². The molecule has 1 aromatic carbocycles. The quantitative estimate of drug-likeness (QED) is 0.696. The number of carbonyl (C=O) groups excluding carboxylic acids is 1. The summed E-state index contributed by atoms with van der Waals surface area (Å²) >= 11 is 0. The van der Waals surface area contributed by atoms with Crippen molar-refractivity contribution >= 4 is 6.03 Å². The maximum absolute atomic E-state index is 12.8. The number of aromatic nitrogens is 2. The average Bonchev–Trinajstić information content (AvgIpc) is 3.38. The Balaban J connectivity index is 1.70. The summed E-state index contributed by atoms with van der Waals surface area (Å²) in [7, 11) is 0. The normalized spacial score (nSPS) is 16.6. The third-order valence-electron chi connectivity index (χ3n) is 5.03. The molecule has 1 aliphatic heterocycles. The number of benzene rings is 1. The second kappa shape index (κ2) is 9.97. The number of rotatable bonds is 8. The fourth-order valence-corrected chi connectivity index (χ4v) is 3.40. The van der Waals surface area contributed by atoms with E-state index in [0.29, 0.717) is 38.6 Å². The van der Waals surface area contributed by atoms with Crippen molar-refractivity contribution in [2.75, 3.05) is 19.7 Å². The van der Waals surface area contributed by atoms with E-state index in [4.69, 9.17) is 4.74 Å². The number of alkyl halides is 3. The number of halogens is 3. The van der Waals surface area contributed by atoms with Crippen molar-refractivity contribution in [3.05, 3.63) is 53.6 Å². The summed E-state index contributed by atoms with van der Waals surface area (Å²) in [5.74, 6) is 0.666. The molecule has 1 atom stereocenters. The Morgan fingerprint density at radius 3 is 2.73 bits per heavy atom. The molecular formula is C21H27F3N4O2. The van der Waals surface area contributed by atoms with E-state index in [1.165, 1.54) is 12.1 Å². The molecule has 0 spiro atoms. The number of carbonyl (C=O) groups is 1. The fourth-order valence-electron chi connectivity index (χ4n) is 3.40. The van der Waals surface area contributed by atoms with E-state index in [1.807, 2.05) is 11.5 Å². The van der Waals surface area contributed by atoms with Gasteiger partial charge >= 0.3 is 12.2 Å². The smallest absolute Gasteiger partial charge is 0.376 e. The Hall–Kier alpha value is -2.55. The van der Waals surface area contributed by atoms with E-state index in [-0.39, 0.29) is 12.1 Å². The number of nitrogens with one attached hydrogen (secondary N) is 1. The van der Waals surface area contributed by atoms with Crippen molar-refractivity contribution in [1.82, 2.24) is 19.8 Å². The van der Waals surface area contributed by atoms with E-state index < -0.39 is 11.7 Å². The van der Waals surface area contributed by atoms with Crippen molar-refractivity contribution in [3.63, 3.8) is 0 Å². The van der Waals surface area contributed by atoms with E-state index in [1.54, 1.807) is 17.3 Å². The largest absolute Gasteiger partial charge is 0.416 e. The molecule has 30 heavy (non-hydrogen) atoms. The maximum Gasteiger partial charge on any atom is 0.416 e. The zero-order valence-corrected chi connectivity index (χ0v) is 17.0. The van der Waals surface area contributed by atoms with Crippen LogP contribution in [-0.2, 0) is 24.0 Å². The third kappa shape index (κ3) is 5.98. The third-order valence-corrected chi connectivity index (χ3v) is 5.03. The predicted molar refractivity (Wildman–Crippen MR) is 106 cm³/mol. The molecule has 2 amide bonds. The summed E-state index contributed by atoms with van der Waals surface area (Å²) in [6.45, 7) is 4.42. The van der Waals surface area contributed by atoms with Crippen LogP contribution in [0.15, 0.2) is 36.7 Å². The zero-order valence-electron chi connectivity index (χ0n) is 17.0. The first-order chi connectivity index (χ1) is 14.4. The molecule has 6 nitrogen and oxygen atoms in total. The number of hydrogen-bond acceptors (Lipinski definition) is 3. The molecule has 0 bridgehead atoms. The van der Waals surface area contributed by atoms with Gasteiger partial charge in [0.05, 0.1) is 18.2 Å². The second-order valence-corrected chi connectivity index (χ2v) is 7.41.